The first-order chi connectivity index (χ1) is 12.5. The first-order valence-corrected chi connectivity index (χ1v) is 8.38. The Morgan fingerprint density at radius 3 is 2.54 bits per heavy atom. The van der Waals surface area contributed by atoms with Crippen LogP contribution in [0.4, 0.5) is 4.39 Å². The summed E-state index contributed by atoms with van der Waals surface area (Å²) in [6.45, 7) is -0.0676. The summed E-state index contributed by atoms with van der Waals surface area (Å²) in [5, 5.41) is 14.0. The molecule has 134 valence electrons. The van der Waals surface area contributed by atoms with E-state index in [1.165, 1.54) is 30.9 Å². The van der Waals surface area contributed by atoms with E-state index in [-0.39, 0.29) is 18.3 Å². The smallest absolute Gasteiger partial charge is 0.230 e. The van der Waals surface area contributed by atoms with E-state index < -0.39 is 11.0 Å². The summed E-state index contributed by atoms with van der Waals surface area (Å²) in [7, 11) is 0. The molecule has 0 aliphatic heterocycles. The molecule has 0 spiro atoms. The molecule has 3 aromatic rings. The lowest BCUT2D eigenvalue weighted by atomic mass is 9.91. The Morgan fingerprint density at radius 1 is 1.19 bits per heavy atom. The first-order valence-electron chi connectivity index (χ1n) is 8.38. The van der Waals surface area contributed by atoms with Gasteiger partial charge in [-0.1, -0.05) is 12.1 Å². The monoisotopic (exact) mass is 355 g/mol. The minimum Gasteiger partial charge on any atom is -0.472 e. The van der Waals surface area contributed by atoms with Crippen molar-refractivity contribution < 1.29 is 23.1 Å². The molecule has 1 amide bonds. The number of hydrogen-bond donors (Lipinski definition) is 2. The van der Waals surface area contributed by atoms with E-state index in [2.05, 4.69) is 5.32 Å². The maximum atomic E-state index is 13.2. The summed E-state index contributed by atoms with van der Waals surface area (Å²) in [4.78, 5) is 12.8. The summed E-state index contributed by atoms with van der Waals surface area (Å²) in [5.41, 5.74) is -0.931. The molecule has 0 unspecified atom stereocenters. The normalized spacial score (nSPS) is 17.5. The molecule has 0 bridgehead atoms. The Labute approximate surface area is 149 Å². The predicted octanol–water partition coefficient (Wildman–Crippen LogP) is 3.10. The Kier molecular flexibility index (Phi) is 3.92. The summed E-state index contributed by atoms with van der Waals surface area (Å²) >= 11 is 0. The van der Waals surface area contributed by atoms with Gasteiger partial charge in [-0.25, -0.2) is 4.39 Å². The second-order valence-corrected chi connectivity index (χ2v) is 6.62. The molecular formula is C20H18FNO4. The van der Waals surface area contributed by atoms with Crippen LogP contribution in [0.25, 0.3) is 0 Å². The molecule has 1 fully saturated rings. The number of carbonyl (C=O) groups is 1. The molecule has 4 rings (SSSR count). The van der Waals surface area contributed by atoms with E-state index >= 15 is 0 Å². The summed E-state index contributed by atoms with van der Waals surface area (Å²) < 4.78 is 23.6. The van der Waals surface area contributed by atoms with Crippen LogP contribution in [0.5, 0.6) is 0 Å². The molecular weight excluding hydrogens is 337 g/mol. The van der Waals surface area contributed by atoms with Gasteiger partial charge in [-0.05, 0) is 48.7 Å². The molecule has 2 aromatic heterocycles. The highest BCUT2D eigenvalue weighted by Gasteiger charge is 2.51. The first kappa shape index (κ1) is 16.6. The third-order valence-electron chi connectivity index (χ3n) is 5.01. The SMILES string of the molecule is O=C(NC[C@@](O)(c1ccoc1)c1ccco1)C1(c2ccc(F)cc2)CC1. The molecule has 2 N–H and O–H groups in total. The zero-order chi connectivity index (χ0) is 18.2. The summed E-state index contributed by atoms with van der Waals surface area (Å²) in [6.07, 6.45) is 5.71. The maximum absolute atomic E-state index is 13.2. The number of rotatable bonds is 6. The number of benzene rings is 1. The van der Waals surface area contributed by atoms with Crippen molar-refractivity contribution in [2.45, 2.75) is 23.9 Å². The molecule has 26 heavy (non-hydrogen) atoms. The van der Waals surface area contributed by atoms with Crippen LogP contribution in [0, 0.1) is 5.82 Å². The lowest BCUT2D eigenvalue weighted by molar-refractivity contribution is -0.124. The van der Waals surface area contributed by atoms with Crippen LogP contribution in [0.1, 0.15) is 29.7 Å². The minimum absolute atomic E-state index is 0.0676. The van der Waals surface area contributed by atoms with Gasteiger partial charge < -0.3 is 19.3 Å². The Bertz CT molecular complexity index is 846. The average molecular weight is 355 g/mol. The fraction of sp³-hybridized carbons (Fsp3) is 0.250. The number of amides is 1. The average Bonchev–Trinajstić information content (AvgIpc) is 3.08. The second-order valence-electron chi connectivity index (χ2n) is 6.62. The van der Waals surface area contributed by atoms with Gasteiger partial charge in [0.15, 0.2) is 5.60 Å². The predicted molar refractivity (Wildman–Crippen MR) is 90.7 cm³/mol. The van der Waals surface area contributed by atoms with E-state index in [0.29, 0.717) is 24.2 Å². The molecule has 0 radical (unpaired) electrons. The Morgan fingerprint density at radius 2 is 1.96 bits per heavy atom. The zero-order valence-corrected chi connectivity index (χ0v) is 13.9. The maximum Gasteiger partial charge on any atom is 0.230 e. The van der Waals surface area contributed by atoms with Gasteiger partial charge in [-0.2, -0.15) is 0 Å². The molecule has 5 nitrogen and oxygen atoms in total. The highest BCUT2D eigenvalue weighted by molar-refractivity contribution is 5.91. The fourth-order valence-electron chi connectivity index (χ4n) is 3.26. The van der Waals surface area contributed by atoms with Crippen molar-refractivity contribution in [1.29, 1.82) is 0 Å². The van der Waals surface area contributed by atoms with Crippen LogP contribution >= 0.6 is 0 Å². The molecule has 1 aromatic carbocycles. The Hall–Kier alpha value is -2.86. The molecule has 1 aliphatic rings. The molecule has 2 heterocycles. The van der Waals surface area contributed by atoms with Crippen LogP contribution in [-0.4, -0.2) is 17.6 Å². The number of furan rings is 2. The van der Waals surface area contributed by atoms with Crippen molar-refractivity contribution in [3.8, 4) is 0 Å². The molecule has 1 saturated carbocycles. The Balaban J connectivity index is 1.55. The highest BCUT2D eigenvalue weighted by Crippen LogP contribution is 2.48. The summed E-state index contributed by atoms with van der Waals surface area (Å²) in [6, 6.07) is 10.9. The van der Waals surface area contributed by atoms with Crippen molar-refractivity contribution in [1.82, 2.24) is 5.32 Å². The van der Waals surface area contributed by atoms with Crippen molar-refractivity contribution in [2.75, 3.05) is 6.54 Å². The number of hydrogen-bond acceptors (Lipinski definition) is 4. The topological polar surface area (TPSA) is 75.6 Å². The van der Waals surface area contributed by atoms with Crippen LogP contribution < -0.4 is 5.32 Å². The molecule has 0 saturated heterocycles. The van der Waals surface area contributed by atoms with Gasteiger partial charge in [0.1, 0.15) is 11.6 Å². The number of halogens is 1. The number of aliphatic hydroxyl groups is 1. The van der Waals surface area contributed by atoms with Crippen LogP contribution in [0.3, 0.4) is 0 Å². The van der Waals surface area contributed by atoms with Gasteiger partial charge >= 0.3 is 0 Å². The van der Waals surface area contributed by atoms with Gasteiger partial charge in [0, 0.05) is 5.56 Å². The van der Waals surface area contributed by atoms with Gasteiger partial charge in [0.25, 0.3) is 0 Å². The second kappa shape index (κ2) is 6.14. The van der Waals surface area contributed by atoms with E-state index in [9.17, 15) is 14.3 Å². The molecule has 1 aliphatic carbocycles. The fourth-order valence-corrected chi connectivity index (χ4v) is 3.26. The van der Waals surface area contributed by atoms with Gasteiger partial charge in [-0.3, -0.25) is 4.79 Å². The van der Waals surface area contributed by atoms with E-state index in [0.717, 1.165) is 5.56 Å². The van der Waals surface area contributed by atoms with Crippen LogP contribution in [0.2, 0.25) is 0 Å². The quantitative estimate of drug-likeness (QED) is 0.712. The van der Waals surface area contributed by atoms with Gasteiger partial charge in [-0.15, -0.1) is 0 Å². The third-order valence-corrected chi connectivity index (χ3v) is 5.01. The van der Waals surface area contributed by atoms with Crippen LogP contribution in [-0.2, 0) is 15.8 Å². The molecule has 6 heteroatoms. The molecule has 1 atom stereocenters. The number of nitrogens with one attached hydrogen (secondary N) is 1. The van der Waals surface area contributed by atoms with E-state index in [4.69, 9.17) is 8.83 Å². The number of carbonyl (C=O) groups excluding carboxylic acids is 1. The standard InChI is InChI=1S/C20H18FNO4/c21-16-5-3-14(4-6-16)19(8-9-19)18(23)22-13-20(24,15-7-11-25-12-15)17-2-1-10-26-17/h1-7,10-12,24H,8-9,13H2,(H,22,23)/t20-/m1/s1. The van der Waals surface area contributed by atoms with Gasteiger partial charge in [0.2, 0.25) is 5.91 Å². The third kappa shape index (κ3) is 2.72. The van der Waals surface area contributed by atoms with Crippen molar-refractivity contribution >= 4 is 5.91 Å². The highest BCUT2D eigenvalue weighted by atomic mass is 19.1. The van der Waals surface area contributed by atoms with Crippen molar-refractivity contribution in [3.05, 3.63) is 84.0 Å². The lowest BCUT2D eigenvalue weighted by Crippen LogP contribution is -2.44. The van der Waals surface area contributed by atoms with Crippen molar-refractivity contribution in [2.24, 2.45) is 0 Å². The zero-order valence-electron chi connectivity index (χ0n) is 13.9. The largest absolute Gasteiger partial charge is 0.472 e. The van der Waals surface area contributed by atoms with Gasteiger partial charge in [0.05, 0.1) is 30.7 Å². The van der Waals surface area contributed by atoms with Crippen LogP contribution in [0.15, 0.2) is 70.1 Å². The van der Waals surface area contributed by atoms with Crippen molar-refractivity contribution in [3.63, 3.8) is 0 Å². The lowest BCUT2D eigenvalue weighted by Gasteiger charge is -2.26. The van der Waals surface area contributed by atoms with E-state index in [1.807, 2.05) is 0 Å². The van der Waals surface area contributed by atoms with E-state index in [1.54, 1.807) is 30.3 Å². The summed E-state index contributed by atoms with van der Waals surface area (Å²) in [5.74, 6) is -0.222. The minimum atomic E-state index is -1.54.